The van der Waals surface area contributed by atoms with Gasteiger partial charge in [-0.2, -0.15) is 0 Å². The molecule has 3 aromatic rings. The summed E-state index contributed by atoms with van der Waals surface area (Å²) in [6.45, 7) is 4.71. The Morgan fingerprint density at radius 3 is 2.29 bits per heavy atom. The van der Waals surface area contributed by atoms with E-state index in [-0.39, 0.29) is 11.3 Å². The third-order valence-corrected chi connectivity index (χ3v) is 8.58. The lowest BCUT2D eigenvalue weighted by molar-refractivity contribution is 0.601. The molecule has 0 spiro atoms. The Labute approximate surface area is 214 Å². The predicted molar refractivity (Wildman–Crippen MR) is 147 cm³/mol. The van der Waals surface area contributed by atoms with Crippen molar-refractivity contribution in [2.24, 2.45) is 10.4 Å². The minimum absolute atomic E-state index is 0.144. The summed E-state index contributed by atoms with van der Waals surface area (Å²) in [4.78, 5) is 4.99. The highest BCUT2D eigenvalue weighted by atomic mass is 79.9. The van der Waals surface area contributed by atoms with Crippen molar-refractivity contribution >= 4 is 21.5 Å². The van der Waals surface area contributed by atoms with Crippen LogP contribution in [0, 0.1) is 5.41 Å². The Hall–Kier alpha value is -3.49. The van der Waals surface area contributed by atoms with Crippen LogP contribution in [0.4, 0.5) is 0 Å². The highest BCUT2D eigenvalue weighted by molar-refractivity contribution is 9.12. The van der Waals surface area contributed by atoms with Gasteiger partial charge in [0.25, 0.3) is 0 Å². The molecule has 0 aromatic heterocycles. The fraction of sp³-hybridized carbons (Fsp3) is 0.121. The van der Waals surface area contributed by atoms with E-state index in [0.717, 1.165) is 11.1 Å². The lowest BCUT2D eigenvalue weighted by atomic mass is 9.68. The topological polar surface area (TPSA) is 12.4 Å². The van der Waals surface area contributed by atoms with Gasteiger partial charge in [-0.05, 0) is 72.6 Å². The van der Waals surface area contributed by atoms with Gasteiger partial charge in [0.05, 0.1) is 11.1 Å². The highest BCUT2D eigenvalue weighted by Gasteiger charge is 2.44. The largest absolute Gasteiger partial charge is 0.248 e. The molecule has 0 bridgehead atoms. The summed E-state index contributed by atoms with van der Waals surface area (Å²) in [6, 6.07) is 28.1. The number of fused-ring (bicyclic) bond motifs is 4. The van der Waals surface area contributed by atoms with Crippen LogP contribution in [0.2, 0.25) is 0 Å². The Kier molecular flexibility index (Phi) is 4.47. The first-order valence-corrected chi connectivity index (χ1v) is 12.9. The molecule has 1 nitrogen and oxygen atoms in total. The summed E-state index contributed by atoms with van der Waals surface area (Å²) in [5, 5.41) is 2.34. The summed E-state index contributed by atoms with van der Waals surface area (Å²) in [5.74, 6) is 0.248. The fourth-order valence-electron chi connectivity index (χ4n) is 6.10. The molecule has 0 radical (unpaired) electrons. The first-order valence-electron chi connectivity index (χ1n) is 12.1. The summed E-state index contributed by atoms with van der Waals surface area (Å²) in [5.41, 5.74) is 11.4. The second-order valence-electron chi connectivity index (χ2n) is 10.1. The number of nitrogens with zero attached hydrogens (tertiary/aromatic N) is 1. The molecule has 3 aromatic carbocycles. The molecule has 0 amide bonds. The Morgan fingerprint density at radius 2 is 1.49 bits per heavy atom. The van der Waals surface area contributed by atoms with Crippen molar-refractivity contribution in [3.63, 3.8) is 0 Å². The van der Waals surface area contributed by atoms with Gasteiger partial charge >= 0.3 is 0 Å². The molecule has 168 valence electrons. The average molecular weight is 514 g/mol. The SMILES string of the molecule is CC1(C)C2=C(C=C3N=c4ccccc4=C31)C(Br)=C1C=CC(c3ccc(-c4ccccc4)cc3)C=C12. The number of allylic oxidation sites excluding steroid dienone is 10. The first kappa shape index (κ1) is 20.8. The maximum atomic E-state index is 4.99. The van der Waals surface area contributed by atoms with E-state index in [1.807, 2.05) is 0 Å². The van der Waals surface area contributed by atoms with Crippen LogP contribution in [-0.4, -0.2) is 0 Å². The van der Waals surface area contributed by atoms with Crippen molar-refractivity contribution in [3.05, 3.63) is 152 Å². The molecule has 7 rings (SSSR count). The maximum Gasteiger partial charge on any atom is 0.0713 e. The lowest BCUT2D eigenvalue weighted by Crippen LogP contribution is -2.30. The van der Waals surface area contributed by atoms with Crippen LogP contribution in [-0.2, 0) is 0 Å². The molecule has 0 saturated carbocycles. The summed E-state index contributed by atoms with van der Waals surface area (Å²) in [6.07, 6.45) is 9.36. The standard InChI is InChI=1S/C33H24BrN/c1-33(2)30-26-18-23(22-14-12-21(13-15-22)20-8-4-3-5-9-20)16-17-24(26)32(34)27(30)19-29-31(33)25-10-6-7-11-28(25)35-29/h3-19,23H,1-2H3. The van der Waals surface area contributed by atoms with Crippen LogP contribution < -0.4 is 10.6 Å². The summed E-state index contributed by atoms with van der Waals surface area (Å²) < 4.78 is 1.18. The van der Waals surface area contributed by atoms with Crippen molar-refractivity contribution in [1.29, 1.82) is 0 Å². The van der Waals surface area contributed by atoms with Crippen LogP contribution in [0.3, 0.4) is 0 Å². The molecule has 3 aliphatic carbocycles. The molecule has 0 fully saturated rings. The van der Waals surface area contributed by atoms with Crippen molar-refractivity contribution in [3.8, 4) is 11.1 Å². The van der Waals surface area contributed by atoms with E-state index in [1.165, 1.54) is 54.3 Å². The Morgan fingerprint density at radius 1 is 0.771 bits per heavy atom. The predicted octanol–water partition coefficient (Wildman–Crippen LogP) is 7.30. The van der Waals surface area contributed by atoms with E-state index < -0.39 is 0 Å². The zero-order chi connectivity index (χ0) is 23.7. The van der Waals surface area contributed by atoms with Crippen LogP contribution in [0.25, 0.3) is 16.7 Å². The quantitative estimate of drug-likeness (QED) is 0.340. The van der Waals surface area contributed by atoms with Gasteiger partial charge in [-0.1, -0.05) is 105 Å². The summed E-state index contributed by atoms with van der Waals surface area (Å²) in [7, 11) is 0. The molecule has 1 unspecified atom stereocenters. The van der Waals surface area contributed by atoms with E-state index in [9.17, 15) is 0 Å². The van der Waals surface area contributed by atoms with Gasteiger partial charge in [-0.25, -0.2) is 4.99 Å². The van der Waals surface area contributed by atoms with E-state index >= 15 is 0 Å². The van der Waals surface area contributed by atoms with Gasteiger partial charge in [-0.15, -0.1) is 0 Å². The number of halogens is 1. The van der Waals surface area contributed by atoms with E-state index in [4.69, 9.17) is 4.99 Å². The normalized spacial score (nSPS) is 21.1. The number of hydrogen-bond acceptors (Lipinski definition) is 1. The minimum Gasteiger partial charge on any atom is -0.248 e. The van der Waals surface area contributed by atoms with E-state index in [1.54, 1.807) is 0 Å². The van der Waals surface area contributed by atoms with Crippen molar-refractivity contribution in [1.82, 2.24) is 0 Å². The van der Waals surface area contributed by atoms with Crippen molar-refractivity contribution < 1.29 is 0 Å². The van der Waals surface area contributed by atoms with Gasteiger partial charge in [0.2, 0.25) is 0 Å². The van der Waals surface area contributed by atoms with Crippen LogP contribution in [0.15, 0.2) is 141 Å². The highest BCUT2D eigenvalue weighted by Crippen LogP contribution is 2.57. The lowest BCUT2D eigenvalue weighted by Gasteiger charge is -2.35. The van der Waals surface area contributed by atoms with Gasteiger partial charge in [-0.3, -0.25) is 0 Å². The van der Waals surface area contributed by atoms with Crippen molar-refractivity contribution in [2.45, 2.75) is 19.8 Å². The summed E-state index contributed by atoms with van der Waals surface area (Å²) >= 11 is 3.95. The molecule has 0 N–H and O–H groups in total. The molecular formula is C33H24BrN. The third-order valence-electron chi connectivity index (χ3n) is 7.72. The second-order valence-corrected chi connectivity index (χ2v) is 10.9. The first-order chi connectivity index (χ1) is 17.0. The Bertz CT molecular complexity index is 1690. The van der Waals surface area contributed by atoms with Crippen LogP contribution >= 0.6 is 15.9 Å². The molecule has 4 aliphatic rings. The molecule has 0 saturated heterocycles. The van der Waals surface area contributed by atoms with Crippen molar-refractivity contribution in [2.75, 3.05) is 0 Å². The maximum absolute atomic E-state index is 4.99. The van der Waals surface area contributed by atoms with Gasteiger partial charge in [0.1, 0.15) is 0 Å². The van der Waals surface area contributed by atoms with Gasteiger partial charge in [0, 0.05) is 21.0 Å². The number of para-hydroxylation sites is 1. The third kappa shape index (κ3) is 3.03. The van der Waals surface area contributed by atoms with E-state index in [0.29, 0.717) is 0 Å². The number of benzene rings is 3. The molecular weight excluding hydrogens is 490 g/mol. The average Bonchev–Trinajstić information content (AvgIpc) is 3.41. The fourth-order valence-corrected chi connectivity index (χ4v) is 6.76. The molecule has 35 heavy (non-hydrogen) atoms. The second kappa shape index (κ2) is 7.50. The molecule has 2 heteroatoms. The number of hydrogen-bond donors (Lipinski definition) is 0. The van der Waals surface area contributed by atoms with E-state index in [2.05, 4.69) is 133 Å². The zero-order valence-electron chi connectivity index (χ0n) is 19.7. The monoisotopic (exact) mass is 513 g/mol. The number of rotatable bonds is 2. The van der Waals surface area contributed by atoms with Gasteiger partial charge in [0.15, 0.2) is 0 Å². The molecule has 1 heterocycles. The van der Waals surface area contributed by atoms with Gasteiger partial charge < -0.3 is 0 Å². The van der Waals surface area contributed by atoms with Crippen LogP contribution in [0.1, 0.15) is 25.3 Å². The Balaban J connectivity index is 1.32. The molecule has 1 atom stereocenters. The zero-order valence-corrected chi connectivity index (χ0v) is 21.3. The smallest absolute Gasteiger partial charge is 0.0713 e. The molecule has 1 aliphatic heterocycles. The minimum atomic E-state index is -0.144. The van der Waals surface area contributed by atoms with Crippen LogP contribution in [0.5, 0.6) is 0 Å².